The van der Waals surface area contributed by atoms with Crippen LogP contribution in [-0.2, 0) is 9.59 Å². The lowest BCUT2D eigenvalue weighted by atomic mass is 9.97. The van der Waals surface area contributed by atoms with Gasteiger partial charge in [-0.1, -0.05) is 0 Å². The minimum atomic E-state index is -0.229. The van der Waals surface area contributed by atoms with Gasteiger partial charge in [0.1, 0.15) is 0 Å². The van der Waals surface area contributed by atoms with E-state index in [1.54, 1.807) is 12.1 Å². The van der Waals surface area contributed by atoms with E-state index in [0.717, 1.165) is 19.4 Å². The molecular formula is C19H25N3O5. The van der Waals surface area contributed by atoms with E-state index >= 15 is 0 Å². The largest absolute Gasteiger partial charge is 0.454 e. The number of hydrogen-bond donors (Lipinski definition) is 2. The molecule has 1 fully saturated rings. The number of rotatable bonds is 6. The van der Waals surface area contributed by atoms with Crippen molar-refractivity contribution in [2.45, 2.75) is 26.7 Å². The number of hydrogen-bond acceptors (Lipinski definition) is 6. The van der Waals surface area contributed by atoms with Gasteiger partial charge in [0, 0.05) is 24.7 Å². The van der Waals surface area contributed by atoms with Gasteiger partial charge in [0.2, 0.25) is 18.6 Å². The van der Waals surface area contributed by atoms with Crippen molar-refractivity contribution in [1.29, 1.82) is 0 Å². The maximum Gasteiger partial charge on any atom is 0.238 e. The highest BCUT2D eigenvalue weighted by Gasteiger charge is 2.27. The Bertz CT molecular complexity index is 749. The lowest BCUT2D eigenvalue weighted by molar-refractivity contribution is -0.127. The highest BCUT2D eigenvalue weighted by Crippen LogP contribution is 2.37. The molecule has 2 aliphatic heterocycles. The Labute approximate surface area is 158 Å². The number of benzene rings is 1. The fraction of sp³-hybridized carbons (Fsp3) is 0.526. The molecule has 0 spiro atoms. The van der Waals surface area contributed by atoms with Crippen LogP contribution >= 0.6 is 0 Å². The normalized spacial score (nSPS) is 18.8. The van der Waals surface area contributed by atoms with Crippen molar-refractivity contribution in [3.05, 3.63) is 17.7 Å². The van der Waals surface area contributed by atoms with Crippen molar-refractivity contribution in [3.8, 4) is 11.5 Å². The van der Waals surface area contributed by atoms with Gasteiger partial charge in [0.05, 0.1) is 18.2 Å². The molecule has 1 aromatic rings. The van der Waals surface area contributed by atoms with E-state index in [-0.39, 0.29) is 36.9 Å². The van der Waals surface area contributed by atoms with Gasteiger partial charge in [-0.3, -0.25) is 19.3 Å². The minimum Gasteiger partial charge on any atom is -0.454 e. The predicted octanol–water partition coefficient (Wildman–Crippen LogP) is 1.40. The van der Waals surface area contributed by atoms with E-state index in [0.29, 0.717) is 35.8 Å². The standard InChI is InChI=1S/C19H25N3O5/c1-3-20-19(25)13-5-4-6-22(9-13)10-18(24)21-15-8-17-16(26-11-27-17)7-14(15)12(2)23/h7-8,13H,3-6,9-11H2,1-2H3,(H,20,25)(H,21,24). The number of carbonyl (C=O) groups excluding carboxylic acids is 3. The van der Waals surface area contributed by atoms with Gasteiger partial charge in [0.25, 0.3) is 0 Å². The molecule has 0 aliphatic carbocycles. The molecule has 2 aliphatic rings. The molecule has 8 nitrogen and oxygen atoms in total. The molecule has 0 bridgehead atoms. The third-order valence-electron chi connectivity index (χ3n) is 4.76. The van der Waals surface area contributed by atoms with Gasteiger partial charge >= 0.3 is 0 Å². The Hall–Kier alpha value is -2.61. The Morgan fingerprint density at radius 1 is 1.22 bits per heavy atom. The molecule has 2 amide bonds. The highest BCUT2D eigenvalue weighted by molar-refractivity contribution is 6.05. The number of nitrogens with zero attached hydrogens (tertiary/aromatic N) is 1. The fourth-order valence-electron chi connectivity index (χ4n) is 3.46. The summed E-state index contributed by atoms with van der Waals surface area (Å²) in [5.74, 6) is 0.552. The van der Waals surface area contributed by atoms with Crippen molar-refractivity contribution >= 4 is 23.3 Å². The summed E-state index contributed by atoms with van der Waals surface area (Å²) in [4.78, 5) is 38.5. The number of fused-ring (bicyclic) bond motifs is 1. The van der Waals surface area contributed by atoms with Crippen molar-refractivity contribution in [2.24, 2.45) is 5.92 Å². The smallest absolute Gasteiger partial charge is 0.238 e. The monoisotopic (exact) mass is 375 g/mol. The van der Waals surface area contributed by atoms with Gasteiger partial charge in [-0.2, -0.15) is 0 Å². The maximum atomic E-state index is 12.5. The van der Waals surface area contributed by atoms with Crippen LogP contribution in [0.5, 0.6) is 11.5 Å². The first-order chi connectivity index (χ1) is 13.0. The summed E-state index contributed by atoms with van der Waals surface area (Å²) in [5, 5.41) is 5.64. The summed E-state index contributed by atoms with van der Waals surface area (Å²) in [6.45, 7) is 5.52. The lowest BCUT2D eigenvalue weighted by Gasteiger charge is -2.31. The summed E-state index contributed by atoms with van der Waals surface area (Å²) in [7, 11) is 0. The molecule has 2 heterocycles. The zero-order valence-corrected chi connectivity index (χ0v) is 15.7. The van der Waals surface area contributed by atoms with Crippen LogP contribution in [0.4, 0.5) is 5.69 Å². The van der Waals surface area contributed by atoms with Crippen LogP contribution in [0, 0.1) is 5.92 Å². The first kappa shape index (κ1) is 19.2. The second kappa shape index (κ2) is 8.39. The number of likely N-dealkylation sites (tertiary alicyclic amines) is 1. The zero-order valence-electron chi connectivity index (χ0n) is 15.7. The molecule has 1 aromatic carbocycles. The first-order valence-corrected chi connectivity index (χ1v) is 9.22. The van der Waals surface area contributed by atoms with Crippen LogP contribution in [0.3, 0.4) is 0 Å². The molecule has 1 saturated heterocycles. The molecular weight excluding hydrogens is 350 g/mol. The Morgan fingerprint density at radius 2 is 1.96 bits per heavy atom. The van der Waals surface area contributed by atoms with E-state index in [9.17, 15) is 14.4 Å². The molecule has 1 unspecified atom stereocenters. The van der Waals surface area contributed by atoms with E-state index in [4.69, 9.17) is 9.47 Å². The molecule has 146 valence electrons. The van der Waals surface area contributed by atoms with Crippen LogP contribution < -0.4 is 20.1 Å². The number of ether oxygens (including phenoxy) is 2. The van der Waals surface area contributed by atoms with Crippen LogP contribution in [-0.4, -0.2) is 55.5 Å². The van der Waals surface area contributed by atoms with Gasteiger partial charge in [-0.25, -0.2) is 0 Å². The van der Waals surface area contributed by atoms with Crippen LogP contribution in [0.1, 0.15) is 37.0 Å². The molecule has 1 atom stereocenters. The number of Topliss-reactive ketones (excluding diaryl/α,β-unsaturated/α-hetero) is 1. The zero-order chi connectivity index (χ0) is 19.4. The quantitative estimate of drug-likeness (QED) is 0.730. The Balaban J connectivity index is 1.64. The van der Waals surface area contributed by atoms with E-state index in [2.05, 4.69) is 10.6 Å². The van der Waals surface area contributed by atoms with E-state index in [1.807, 2.05) is 11.8 Å². The topological polar surface area (TPSA) is 97.0 Å². The number of anilines is 1. The third kappa shape index (κ3) is 4.57. The maximum absolute atomic E-state index is 12.5. The number of nitrogens with one attached hydrogen (secondary N) is 2. The van der Waals surface area contributed by atoms with Gasteiger partial charge in [-0.05, 0) is 39.3 Å². The van der Waals surface area contributed by atoms with Crippen molar-refractivity contribution in [3.63, 3.8) is 0 Å². The average Bonchev–Trinajstić information content (AvgIpc) is 3.08. The summed E-state index contributed by atoms with van der Waals surface area (Å²) < 4.78 is 10.6. The number of carbonyl (C=O) groups is 3. The molecule has 3 rings (SSSR count). The SMILES string of the molecule is CCNC(=O)C1CCCN(CC(=O)Nc2cc3c(cc2C(C)=O)OCO3)C1. The van der Waals surface area contributed by atoms with Crippen molar-refractivity contribution in [1.82, 2.24) is 10.2 Å². The summed E-state index contributed by atoms with van der Waals surface area (Å²) in [5.41, 5.74) is 0.792. The number of amides is 2. The molecule has 8 heteroatoms. The van der Waals surface area contributed by atoms with Gasteiger partial charge in [-0.15, -0.1) is 0 Å². The summed E-state index contributed by atoms with van der Waals surface area (Å²) in [6, 6.07) is 3.21. The highest BCUT2D eigenvalue weighted by atomic mass is 16.7. The molecule has 2 N–H and O–H groups in total. The van der Waals surface area contributed by atoms with E-state index in [1.165, 1.54) is 6.92 Å². The second-order valence-corrected chi connectivity index (χ2v) is 6.82. The molecule has 0 radical (unpaired) electrons. The number of ketones is 1. The third-order valence-corrected chi connectivity index (χ3v) is 4.76. The number of piperidine rings is 1. The Kier molecular flexibility index (Phi) is 5.95. The molecule has 0 aromatic heterocycles. The van der Waals surface area contributed by atoms with Gasteiger partial charge in [0.15, 0.2) is 17.3 Å². The summed E-state index contributed by atoms with van der Waals surface area (Å²) in [6.07, 6.45) is 1.71. The predicted molar refractivity (Wildman–Crippen MR) is 99.0 cm³/mol. The van der Waals surface area contributed by atoms with E-state index < -0.39 is 0 Å². The Morgan fingerprint density at radius 3 is 2.67 bits per heavy atom. The van der Waals surface area contributed by atoms with Crippen LogP contribution in [0.25, 0.3) is 0 Å². The second-order valence-electron chi connectivity index (χ2n) is 6.82. The average molecular weight is 375 g/mol. The summed E-state index contributed by atoms with van der Waals surface area (Å²) >= 11 is 0. The minimum absolute atomic E-state index is 0.0391. The van der Waals surface area contributed by atoms with Crippen LogP contribution in [0.2, 0.25) is 0 Å². The van der Waals surface area contributed by atoms with Crippen LogP contribution in [0.15, 0.2) is 12.1 Å². The molecule has 27 heavy (non-hydrogen) atoms. The fourth-order valence-corrected chi connectivity index (χ4v) is 3.46. The molecule has 0 saturated carbocycles. The van der Waals surface area contributed by atoms with Crippen molar-refractivity contribution in [2.75, 3.05) is 38.3 Å². The lowest BCUT2D eigenvalue weighted by Crippen LogP contribution is -2.45. The van der Waals surface area contributed by atoms with Gasteiger partial charge < -0.3 is 20.1 Å². The first-order valence-electron chi connectivity index (χ1n) is 9.22. The van der Waals surface area contributed by atoms with Crippen molar-refractivity contribution < 1.29 is 23.9 Å².